The number of pyridine rings is 1. The first-order valence-electron chi connectivity index (χ1n) is 8.71. The number of amides is 2. The van der Waals surface area contributed by atoms with Crippen molar-refractivity contribution in [2.24, 2.45) is 0 Å². The number of nitrogens with zero attached hydrogens (tertiary/aromatic N) is 1. The van der Waals surface area contributed by atoms with Crippen molar-refractivity contribution in [2.45, 2.75) is 44.7 Å². The average Bonchev–Trinajstić information content (AvgIpc) is 3.06. The maximum Gasteiger partial charge on any atom is 0.220 e. The van der Waals surface area contributed by atoms with Crippen LogP contribution in [0.4, 0.5) is 0 Å². The molecule has 25 heavy (non-hydrogen) atoms. The fourth-order valence-electron chi connectivity index (χ4n) is 3.10. The highest BCUT2D eigenvalue weighted by molar-refractivity contribution is 5.79. The minimum absolute atomic E-state index is 0.0202. The lowest BCUT2D eigenvalue weighted by molar-refractivity contribution is -0.122. The third kappa shape index (κ3) is 4.66. The van der Waals surface area contributed by atoms with Crippen LogP contribution in [-0.4, -0.2) is 22.8 Å². The van der Waals surface area contributed by atoms with Crippen LogP contribution in [-0.2, 0) is 9.59 Å². The molecular weight excluding hydrogens is 314 g/mol. The monoisotopic (exact) mass is 337 g/mol. The Balaban J connectivity index is 1.51. The van der Waals surface area contributed by atoms with E-state index in [1.807, 2.05) is 31.2 Å². The molecule has 0 aliphatic carbocycles. The Labute approximate surface area is 147 Å². The zero-order valence-electron chi connectivity index (χ0n) is 14.4. The van der Waals surface area contributed by atoms with E-state index in [-0.39, 0.29) is 23.9 Å². The van der Waals surface area contributed by atoms with Crippen LogP contribution in [0.3, 0.4) is 0 Å². The van der Waals surface area contributed by atoms with Crippen LogP contribution in [0.25, 0.3) is 11.1 Å². The third-order valence-electron chi connectivity index (χ3n) is 4.61. The molecule has 1 aliphatic heterocycles. The summed E-state index contributed by atoms with van der Waals surface area (Å²) in [4.78, 5) is 27.3. The summed E-state index contributed by atoms with van der Waals surface area (Å²) >= 11 is 0. The molecule has 0 spiro atoms. The summed E-state index contributed by atoms with van der Waals surface area (Å²) in [5, 5.41) is 5.92. The Hall–Kier alpha value is -2.69. The van der Waals surface area contributed by atoms with E-state index in [1.165, 1.54) is 0 Å². The van der Waals surface area contributed by atoms with Gasteiger partial charge in [-0.05, 0) is 48.6 Å². The number of rotatable bonds is 6. The van der Waals surface area contributed by atoms with Crippen LogP contribution in [0.2, 0.25) is 0 Å². The van der Waals surface area contributed by atoms with Crippen molar-refractivity contribution < 1.29 is 9.59 Å². The van der Waals surface area contributed by atoms with E-state index in [0.29, 0.717) is 19.3 Å². The number of hydrogen-bond donors (Lipinski definition) is 2. The predicted octanol–water partition coefficient (Wildman–Crippen LogP) is 2.98. The van der Waals surface area contributed by atoms with Gasteiger partial charge in [0, 0.05) is 31.3 Å². The Morgan fingerprint density at radius 1 is 1.20 bits per heavy atom. The molecule has 0 radical (unpaired) electrons. The van der Waals surface area contributed by atoms with E-state index >= 15 is 0 Å². The lowest BCUT2D eigenvalue weighted by atomic mass is 10.0. The summed E-state index contributed by atoms with van der Waals surface area (Å²) < 4.78 is 0. The van der Waals surface area contributed by atoms with E-state index in [0.717, 1.165) is 23.1 Å². The molecule has 2 aromatic rings. The first-order chi connectivity index (χ1) is 12.1. The standard InChI is InChI=1S/C20H23N3O2/c1-14(22-19(24)8-6-18-7-9-20(25)23-18)15-2-4-16(5-3-15)17-10-12-21-13-11-17/h2-5,10-14,18H,6-9H2,1H3,(H,22,24)(H,23,25). The quantitative estimate of drug-likeness (QED) is 0.851. The second-order valence-electron chi connectivity index (χ2n) is 6.49. The molecule has 5 nitrogen and oxygen atoms in total. The van der Waals surface area contributed by atoms with Gasteiger partial charge in [-0.2, -0.15) is 0 Å². The number of carbonyl (C=O) groups is 2. The summed E-state index contributed by atoms with van der Waals surface area (Å²) in [5.74, 6) is 0.111. The van der Waals surface area contributed by atoms with E-state index in [1.54, 1.807) is 12.4 Å². The van der Waals surface area contributed by atoms with E-state index in [2.05, 4.69) is 27.8 Å². The first-order valence-corrected chi connectivity index (χ1v) is 8.71. The van der Waals surface area contributed by atoms with Crippen molar-refractivity contribution in [2.75, 3.05) is 0 Å². The number of nitrogens with one attached hydrogen (secondary N) is 2. The van der Waals surface area contributed by atoms with E-state index < -0.39 is 0 Å². The summed E-state index contributed by atoms with van der Waals surface area (Å²) in [7, 11) is 0. The fraction of sp³-hybridized carbons (Fsp3) is 0.350. The van der Waals surface area contributed by atoms with Crippen molar-refractivity contribution in [1.29, 1.82) is 0 Å². The number of hydrogen-bond acceptors (Lipinski definition) is 3. The highest BCUT2D eigenvalue weighted by Crippen LogP contribution is 2.21. The van der Waals surface area contributed by atoms with Gasteiger partial charge in [0.1, 0.15) is 0 Å². The molecule has 1 saturated heterocycles. The van der Waals surface area contributed by atoms with Gasteiger partial charge >= 0.3 is 0 Å². The highest BCUT2D eigenvalue weighted by atomic mass is 16.2. The molecule has 2 N–H and O–H groups in total. The van der Waals surface area contributed by atoms with E-state index in [4.69, 9.17) is 0 Å². The SMILES string of the molecule is CC(NC(=O)CCC1CCC(=O)N1)c1ccc(-c2ccncc2)cc1. The molecule has 1 aliphatic rings. The third-order valence-corrected chi connectivity index (χ3v) is 4.61. The molecule has 5 heteroatoms. The summed E-state index contributed by atoms with van der Waals surface area (Å²) in [6.45, 7) is 1.98. The molecule has 1 aromatic heterocycles. The summed E-state index contributed by atoms with van der Waals surface area (Å²) in [6, 6.07) is 12.2. The van der Waals surface area contributed by atoms with Crippen molar-refractivity contribution in [3.8, 4) is 11.1 Å². The molecule has 0 bridgehead atoms. The lowest BCUT2D eigenvalue weighted by Crippen LogP contribution is -2.30. The molecular formula is C20H23N3O2. The number of benzene rings is 1. The van der Waals surface area contributed by atoms with Crippen molar-refractivity contribution >= 4 is 11.8 Å². The minimum atomic E-state index is -0.0443. The topological polar surface area (TPSA) is 71.1 Å². The van der Waals surface area contributed by atoms with Gasteiger partial charge in [-0.1, -0.05) is 24.3 Å². The Morgan fingerprint density at radius 3 is 2.52 bits per heavy atom. The number of aromatic nitrogens is 1. The minimum Gasteiger partial charge on any atom is -0.353 e. The Morgan fingerprint density at radius 2 is 1.88 bits per heavy atom. The Bertz CT molecular complexity index is 728. The van der Waals surface area contributed by atoms with Gasteiger partial charge in [0.05, 0.1) is 6.04 Å². The molecule has 1 fully saturated rings. The van der Waals surface area contributed by atoms with Crippen LogP contribution in [0.5, 0.6) is 0 Å². The van der Waals surface area contributed by atoms with Crippen LogP contribution in [0.1, 0.15) is 44.2 Å². The average molecular weight is 337 g/mol. The van der Waals surface area contributed by atoms with Gasteiger partial charge in [0.15, 0.2) is 0 Å². The molecule has 2 heterocycles. The van der Waals surface area contributed by atoms with Gasteiger partial charge in [-0.15, -0.1) is 0 Å². The van der Waals surface area contributed by atoms with Gasteiger partial charge in [0.2, 0.25) is 11.8 Å². The molecule has 2 amide bonds. The zero-order chi connectivity index (χ0) is 17.6. The summed E-state index contributed by atoms with van der Waals surface area (Å²) in [6.07, 6.45) is 6.10. The maximum atomic E-state index is 12.1. The molecule has 1 aromatic carbocycles. The molecule has 0 saturated carbocycles. The highest BCUT2D eigenvalue weighted by Gasteiger charge is 2.21. The van der Waals surface area contributed by atoms with Crippen molar-refractivity contribution in [3.63, 3.8) is 0 Å². The largest absolute Gasteiger partial charge is 0.353 e. The van der Waals surface area contributed by atoms with Gasteiger partial charge in [0.25, 0.3) is 0 Å². The predicted molar refractivity (Wildman–Crippen MR) is 96.6 cm³/mol. The Kier molecular flexibility index (Phi) is 5.43. The zero-order valence-corrected chi connectivity index (χ0v) is 14.4. The normalized spacial score (nSPS) is 17.8. The first kappa shape index (κ1) is 17.1. The fourth-order valence-corrected chi connectivity index (χ4v) is 3.10. The summed E-state index contributed by atoms with van der Waals surface area (Å²) in [5.41, 5.74) is 3.32. The number of carbonyl (C=O) groups excluding carboxylic acids is 2. The van der Waals surface area contributed by atoms with Crippen LogP contribution >= 0.6 is 0 Å². The van der Waals surface area contributed by atoms with E-state index in [9.17, 15) is 9.59 Å². The van der Waals surface area contributed by atoms with Crippen molar-refractivity contribution in [3.05, 3.63) is 54.4 Å². The van der Waals surface area contributed by atoms with Crippen LogP contribution in [0.15, 0.2) is 48.8 Å². The molecule has 3 rings (SSSR count). The van der Waals surface area contributed by atoms with Crippen LogP contribution < -0.4 is 10.6 Å². The second-order valence-corrected chi connectivity index (χ2v) is 6.49. The smallest absolute Gasteiger partial charge is 0.220 e. The van der Waals surface area contributed by atoms with Crippen molar-refractivity contribution in [1.82, 2.24) is 15.6 Å². The maximum absolute atomic E-state index is 12.1. The van der Waals surface area contributed by atoms with Gasteiger partial charge < -0.3 is 10.6 Å². The van der Waals surface area contributed by atoms with Gasteiger partial charge in [-0.3, -0.25) is 14.6 Å². The molecule has 2 atom stereocenters. The second kappa shape index (κ2) is 7.92. The molecule has 130 valence electrons. The molecule has 2 unspecified atom stereocenters. The lowest BCUT2D eigenvalue weighted by Gasteiger charge is -2.16. The van der Waals surface area contributed by atoms with Gasteiger partial charge in [-0.25, -0.2) is 0 Å². The van der Waals surface area contributed by atoms with Crippen LogP contribution in [0, 0.1) is 0 Å².